The number of aliphatic hydroxyl groups is 1. The Bertz CT molecular complexity index is 534. The van der Waals surface area contributed by atoms with Crippen LogP contribution in [-0.4, -0.2) is 59.6 Å². The largest absolute Gasteiger partial charge is 0.491 e. The smallest absolute Gasteiger partial charge is 0.312 e. The predicted molar refractivity (Wildman–Crippen MR) is 88.4 cm³/mol. The number of ether oxygens (including phenoxy) is 1. The van der Waals surface area contributed by atoms with Gasteiger partial charge in [-0.2, -0.15) is 0 Å². The third kappa shape index (κ3) is 4.94. The summed E-state index contributed by atoms with van der Waals surface area (Å²) in [6, 6.07) is 7.75. The first kappa shape index (κ1) is 17.8. The van der Waals surface area contributed by atoms with Crippen LogP contribution in [0.25, 0.3) is 0 Å². The molecule has 5 heteroatoms. The first-order valence-corrected chi connectivity index (χ1v) is 8.39. The van der Waals surface area contributed by atoms with Gasteiger partial charge in [-0.15, -0.1) is 0 Å². The normalized spacial score (nSPS) is 25.8. The van der Waals surface area contributed by atoms with Crippen LogP contribution in [-0.2, 0) is 4.79 Å². The maximum Gasteiger partial charge on any atom is 0.312 e. The van der Waals surface area contributed by atoms with Gasteiger partial charge in [0.1, 0.15) is 30.9 Å². The Labute approximate surface area is 138 Å². The van der Waals surface area contributed by atoms with Crippen LogP contribution in [0.4, 0.5) is 0 Å². The summed E-state index contributed by atoms with van der Waals surface area (Å²) in [6.07, 6.45) is 1.05. The van der Waals surface area contributed by atoms with Crippen molar-refractivity contribution in [2.24, 2.45) is 5.92 Å². The van der Waals surface area contributed by atoms with Crippen molar-refractivity contribution in [3.63, 3.8) is 0 Å². The molecule has 5 nitrogen and oxygen atoms in total. The van der Waals surface area contributed by atoms with Crippen LogP contribution in [0.5, 0.6) is 5.75 Å². The Morgan fingerprint density at radius 2 is 2.26 bits per heavy atom. The molecule has 2 N–H and O–H groups in total. The van der Waals surface area contributed by atoms with E-state index in [1.807, 2.05) is 31.2 Å². The number of quaternary nitrogens is 1. The van der Waals surface area contributed by atoms with Gasteiger partial charge in [0.25, 0.3) is 0 Å². The summed E-state index contributed by atoms with van der Waals surface area (Å²) in [6.45, 7) is 7.23. The lowest BCUT2D eigenvalue weighted by Gasteiger charge is -2.43. The molecule has 23 heavy (non-hydrogen) atoms. The molecular formula is C18H28NO4+. The van der Waals surface area contributed by atoms with E-state index in [4.69, 9.17) is 4.74 Å². The molecule has 1 aliphatic heterocycles. The Kier molecular flexibility index (Phi) is 6.02. The van der Waals surface area contributed by atoms with E-state index in [1.54, 1.807) is 0 Å². The highest BCUT2D eigenvalue weighted by Gasteiger charge is 2.38. The molecule has 3 atom stereocenters. The summed E-state index contributed by atoms with van der Waals surface area (Å²) in [5, 5.41) is 19.6. The Balaban J connectivity index is 1.91. The fraction of sp³-hybridized carbons (Fsp3) is 0.611. The zero-order chi connectivity index (χ0) is 16.9. The third-order valence-corrected chi connectivity index (χ3v) is 4.84. The number of likely N-dealkylation sites (N-methyl/N-ethyl adjacent to an activating group) is 1. The number of carbonyl (C=O) groups is 1. The predicted octanol–water partition coefficient (Wildman–Crippen LogP) is 2.07. The second kappa shape index (κ2) is 7.79. The van der Waals surface area contributed by atoms with Gasteiger partial charge in [0.2, 0.25) is 0 Å². The van der Waals surface area contributed by atoms with Gasteiger partial charge in [0.15, 0.2) is 0 Å². The second-order valence-electron chi connectivity index (χ2n) is 6.71. The van der Waals surface area contributed by atoms with E-state index in [2.05, 4.69) is 6.92 Å². The zero-order valence-corrected chi connectivity index (χ0v) is 14.1. The molecule has 0 saturated carbocycles. The van der Waals surface area contributed by atoms with Crippen LogP contribution in [0.2, 0.25) is 0 Å². The fourth-order valence-electron chi connectivity index (χ4n) is 3.50. The summed E-state index contributed by atoms with van der Waals surface area (Å²) in [5.74, 6) is -0.256. The first-order valence-electron chi connectivity index (χ1n) is 8.39. The number of aliphatic carboxylic acids is 1. The minimum Gasteiger partial charge on any atom is -0.491 e. The number of hydrogen-bond donors (Lipinski definition) is 2. The van der Waals surface area contributed by atoms with E-state index >= 15 is 0 Å². The van der Waals surface area contributed by atoms with Crippen LogP contribution in [0.1, 0.15) is 25.3 Å². The number of nitrogens with zero attached hydrogens (tertiary/aromatic N) is 1. The van der Waals surface area contributed by atoms with Crippen molar-refractivity contribution in [2.45, 2.75) is 32.8 Å². The Morgan fingerprint density at radius 1 is 1.48 bits per heavy atom. The van der Waals surface area contributed by atoms with E-state index in [0.29, 0.717) is 17.6 Å². The molecule has 1 aliphatic rings. The van der Waals surface area contributed by atoms with Gasteiger partial charge in [-0.3, -0.25) is 4.79 Å². The molecule has 128 valence electrons. The molecule has 1 fully saturated rings. The molecular weight excluding hydrogens is 294 g/mol. The van der Waals surface area contributed by atoms with E-state index in [1.165, 1.54) is 0 Å². The molecule has 0 aromatic heterocycles. The molecule has 1 aromatic carbocycles. The monoisotopic (exact) mass is 322 g/mol. The van der Waals surface area contributed by atoms with Gasteiger partial charge in [0, 0.05) is 0 Å². The second-order valence-corrected chi connectivity index (χ2v) is 6.71. The number of rotatable bonds is 7. The number of carboxylic acid groups (broad SMARTS) is 1. The van der Waals surface area contributed by atoms with Crippen LogP contribution in [0, 0.1) is 12.8 Å². The van der Waals surface area contributed by atoms with Gasteiger partial charge < -0.3 is 19.4 Å². The average Bonchev–Trinajstić information content (AvgIpc) is 2.53. The van der Waals surface area contributed by atoms with Gasteiger partial charge >= 0.3 is 5.97 Å². The maximum absolute atomic E-state index is 11.3. The molecule has 1 heterocycles. The van der Waals surface area contributed by atoms with Crippen molar-refractivity contribution < 1.29 is 24.2 Å². The van der Waals surface area contributed by atoms with Gasteiger partial charge in [-0.25, -0.2) is 0 Å². The Morgan fingerprint density at radius 3 is 2.91 bits per heavy atom. The van der Waals surface area contributed by atoms with Crippen molar-refractivity contribution >= 4 is 5.97 Å². The minimum atomic E-state index is -0.717. The summed E-state index contributed by atoms with van der Waals surface area (Å²) in [5.41, 5.74) is 1.12. The van der Waals surface area contributed by atoms with Crippen LogP contribution >= 0.6 is 0 Å². The number of aliphatic hydroxyl groups excluding tert-OH is 1. The molecule has 0 bridgehead atoms. The lowest BCUT2D eigenvalue weighted by atomic mass is 9.95. The molecule has 1 saturated heterocycles. The number of piperidine rings is 1. The number of hydrogen-bond acceptors (Lipinski definition) is 3. The number of carboxylic acids is 1. The molecule has 0 spiro atoms. The van der Waals surface area contributed by atoms with E-state index in [0.717, 1.165) is 37.2 Å². The zero-order valence-electron chi connectivity index (χ0n) is 14.1. The summed E-state index contributed by atoms with van der Waals surface area (Å²) in [7, 11) is 0. The van der Waals surface area contributed by atoms with E-state index < -0.39 is 12.1 Å². The highest BCUT2D eigenvalue weighted by Crippen LogP contribution is 2.24. The SMILES string of the molecule is CC[N+]1(CC(O)COc2cccc(C)c2)CCCC(C(=O)O)C1. The molecule has 1 aromatic rings. The maximum atomic E-state index is 11.3. The molecule has 0 amide bonds. The highest BCUT2D eigenvalue weighted by atomic mass is 16.5. The Hall–Kier alpha value is -1.59. The van der Waals surface area contributed by atoms with Crippen LogP contribution in [0.15, 0.2) is 24.3 Å². The average molecular weight is 322 g/mol. The summed E-state index contributed by atoms with van der Waals surface area (Å²) >= 11 is 0. The van der Waals surface area contributed by atoms with Crippen molar-refractivity contribution in [2.75, 3.05) is 32.8 Å². The van der Waals surface area contributed by atoms with Crippen molar-refractivity contribution in [3.8, 4) is 5.75 Å². The lowest BCUT2D eigenvalue weighted by molar-refractivity contribution is -0.935. The topological polar surface area (TPSA) is 66.8 Å². The molecule has 0 radical (unpaired) electrons. The third-order valence-electron chi connectivity index (χ3n) is 4.84. The minimum absolute atomic E-state index is 0.237. The van der Waals surface area contributed by atoms with E-state index in [9.17, 15) is 15.0 Å². The standard InChI is InChI=1S/C18H27NO4/c1-3-19(9-5-7-15(11-19)18(21)22)12-16(20)13-23-17-8-4-6-14(2)10-17/h4,6,8,10,15-16,20H,3,5,7,9,11-13H2,1-2H3/p+1. The van der Waals surface area contributed by atoms with Gasteiger partial charge in [0.05, 0.1) is 19.6 Å². The van der Waals surface area contributed by atoms with Crippen LogP contribution in [0.3, 0.4) is 0 Å². The number of likely N-dealkylation sites (tertiary alicyclic amines) is 1. The lowest BCUT2D eigenvalue weighted by Crippen LogP contribution is -2.58. The van der Waals surface area contributed by atoms with Crippen LogP contribution < -0.4 is 4.74 Å². The highest BCUT2D eigenvalue weighted by molar-refractivity contribution is 5.70. The van der Waals surface area contributed by atoms with Gasteiger partial charge in [-0.1, -0.05) is 12.1 Å². The fourth-order valence-corrected chi connectivity index (χ4v) is 3.50. The van der Waals surface area contributed by atoms with Crippen molar-refractivity contribution in [3.05, 3.63) is 29.8 Å². The summed E-state index contributed by atoms with van der Waals surface area (Å²) in [4.78, 5) is 11.3. The first-order chi connectivity index (χ1) is 10.9. The number of benzene rings is 1. The molecule has 3 unspecified atom stereocenters. The number of aryl methyl sites for hydroxylation is 1. The van der Waals surface area contributed by atoms with E-state index in [-0.39, 0.29) is 12.5 Å². The van der Waals surface area contributed by atoms with Crippen molar-refractivity contribution in [1.29, 1.82) is 0 Å². The van der Waals surface area contributed by atoms with Crippen molar-refractivity contribution in [1.82, 2.24) is 0 Å². The quantitative estimate of drug-likeness (QED) is 0.754. The van der Waals surface area contributed by atoms with Gasteiger partial charge in [-0.05, 0) is 44.4 Å². The molecule has 0 aliphatic carbocycles. The molecule has 2 rings (SSSR count). The summed E-state index contributed by atoms with van der Waals surface area (Å²) < 4.78 is 6.34.